The van der Waals surface area contributed by atoms with Crippen molar-refractivity contribution >= 4 is 23.5 Å². The summed E-state index contributed by atoms with van der Waals surface area (Å²) in [7, 11) is 0. The lowest BCUT2D eigenvalue weighted by Gasteiger charge is -2.22. The molecule has 3 atom stereocenters. The Morgan fingerprint density at radius 3 is 2.65 bits per heavy atom. The molecule has 1 aliphatic rings. The Morgan fingerprint density at radius 1 is 1.35 bits per heavy atom. The number of amides is 2. The fourth-order valence-electron chi connectivity index (χ4n) is 3.03. The number of carboxylic acid groups (broad SMARTS) is 1. The third kappa shape index (κ3) is 4.33. The molecule has 1 saturated heterocycles. The Morgan fingerprint density at radius 2 is 2.04 bits per heavy atom. The van der Waals surface area contributed by atoms with Gasteiger partial charge in [-0.1, -0.05) is 32.4 Å². The molecule has 7 nitrogen and oxygen atoms in total. The van der Waals surface area contributed by atoms with E-state index in [1.807, 2.05) is 26.0 Å². The minimum atomic E-state index is -1.06. The average Bonchev–Trinajstić information content (AvgIpc) is 3.01. The third-order valence-electron chi connectivity index (χ3n) is 4.73. The second-order valence-corrected chi connectivity index (χ2v) is 6.52. The van der Waals surface area contributed by atoms with Crippen LogP contribution < -0.4 is 15.0 Å². The van der Waals surface area contributed by atoms with Crippen LogP contribution in [0.1, 0.15) is 33.6 Å². The van der Waals surface area contributed by atoms with Crippen molar-refractivity contribution in [3.63, 3.8) is 0 Å². The molecule has 2 amide bonds. The number of nitrogens with one attached hydrogen (secondary N) is 1. The van der Waals surface area contributed by atoms with Crippen molar-refractivity contribution in [3.05, 3.63) is 24.3 Å². The first-order valence-electron chi connectivity index (χ1n) is 8.94. The summed E-state index contributed by atoms with van der Waals surface area (Å²) in [5.74, 6) is -1.82. The summed E-state index contributed by atoms with van der Waals surface area (Å²) in [6, 6.07) is 6.24. The van der Waals surface area contributed by atoms with Crippen molar-refractivity contribution in [3.8, 4) is 5.75 Å². The lowest BCUT2D eigenvalue weighted by Crippen LogP contribution is -2.47. The van der Waals surface area contributed by atoms with E-state index in [-0.39, 0.29) is 24.8 Å². The van der Waals surface area contributed by atoms with Crippen LogP contribution in [0.25, 0.3) is 0 Å². The van der Waals surface area contributed by atoms with E-state index < -0.39 is 23.8 Å². The number of carboxylic acids is 1. The number of nitrogens with zero attached hydrogens (tertiary/aromatic N) is 1. The van der Waals surface area contributed by atoms with Gasteiger partial charge in [-0.25, -0.2) is 4.79 Å². The summed E-state index contributed by atoms with van der Waals surface area (Å²) >= 11 is 0. The van der Waals surface area contributed by atoms with Gasteiger partial charge in [0, 0.05) is 13.0 Å². The van der Waals surface area contributed by atoms with Gasteiger partial charge in [0.2, 0.25) is 11.8 Å². The van der Waals surface area contributed by atoms with Gasteiger partial charge in [0.15, 0.2) is 0 Å². The van der Waals surface area contributed by atoms with Gasteiger partial charge >= 0.3 is 5.97 Å². The summed E-state index contributed by atoms with van der Waals surface area (Å²) in [6.45, 7) is 6.20. The molecule has 0 spiro atoms. The maximum atomic E-state index is 12.5. The summed E-state index contributed by atoms with van der Waals surface area (Å²) in [6.07, 6.45) is 0.688. The number of para-hydroxylation sites is 2. The summed E-state index contributed by atoms with van der Waals surface area (Å²) in [5, 5.41) is 11.9. The standard InChI is InChI=1S/C19H26N2O5/c1-4-12(3)17(19(24)25)20-18(23)13-10-16(22)21(11-13)14-8-6-7-9-15(14)26-5-2/h6-9,12-13,17H,4-5,10-11H2,1-3H3,(H,20,23)(H,24,25)/t12-,13?,17-/m0/s1. The Balaban J connectivity index is 2.12. The minimum absolute atomic E-state index is 0.0547. The van der Waals surface area contributed by atoms with Gasteiger partial charge in [0.1, 0.15) is 11.8 Å². The number of aliphatic carboxylic acids is 1. The monoisotopic (exact) mass is 362 g/mol. The van der Waals surface area contributed by atoms with Crippen LogP contribution in [-0.4, -0.2) is 42.1 Å². The zero-order chi connectivity index (χ0) is 19.3. The highest BCUT2D eigenvalue weighted by molar-refractivity contribution is 6.01. The van der Waals surface area contributed by atoms with E-state index in [9.17, 15) is 19.5 Å². The fraction of sp³-hybridized carbons (Fsp3) is 0.526. The zero-order valence-corrected chi connectivity index (χ0v) is 15.4. The molecule has 1 fully saturated rings. The average molecular weight is 362 g/mol. The van der Waals surface area contributed by atoms with Crippen LogP contribution in [0.2, 0.25) is 0 Å². The zero-order valence-electron chi connectivity index (χ0n) is 15.4. The Labute approximate surface area is 153 Å². The van der Waals surface area contributed by atoms with Gasteiger partial charge in [-0.3, -0.25) is 9.59 Å². The molecule has 2 rings (SSSR count). The van der Waals surface area contributed by atoms with Crippen LogP contribution in [0.15, 0.2) is 24.3 Å². The number of hydrogen-bond donors (Lipinski definition) is 2. The van der Waals surface area contributed by atoms with E-state index in [1.165, 1.54) is 4.90 Å². The van der Waals surface area contributed by atoms with Crippen LogP contribution in [0.5, 0.6) is 5.75 Å². The van der Waals surface area contributed by atoms with Crippen molar-refractivity contribution in [2.24, 2.45) is 11.8 Å². The van der Waals surface area contributed by atoms with Gasteiger partial charge in [-0.15, -0.1) is 0 Å². The SMILES string of the molecule is CCOc1ccccc1N1CC(C(=O)N[C@H](C(=O)O)[C@@H](C)CC)CC1=O. The molecule has 0 saturated carbocycles. The highest BCUT2D eigenvalue weighted by atomic mass is 16.5. The number of rotatable bonds is 8. The highest BCUT2D eigenvalue weighted by Crippen LogP contribution is 2.33. The van der Waals surface area contributed by atoms with E-state index in [4.69, 9.17) is 4.74 Å². The quantitative estimate of drug-likeness (QED) is 0.738. The Bertz CT molecular complexity index is 676. The first-order chi connectivity index (χ1) is 12.4. The molecule has 0 bridgehead atoms. The number of benzene rings is 1. The number of ether oxygens (including phenoxy) is 1. The topological polar surface area (TPSA) is 95.9 Å². The summed E-state index contributed by atoms with van der Waals surface area (Å²) < 4.78 is 5.56. The molecular weight excluding hydrogens is 336 g/mol. The number of anilines is 1. The first-order valence-corrected chi connectivity index (χ1v) is 8.94. The van der Waals surface area contributed by atoms with Crippen LogP contribution in [-0.2, 0) is 14.4 Å². The van der Waals surface area contributed by atoms with Crippen molar-refractivity contribution in [2.75, 3.05) is 18.1 Å². The molecule has 2 N–H and O–H groups in total. The normalized spacial score (nSPS) is 19.1. The molecule has 0 aromatic heterocycles. The Hall–Kier alpha value is -2.57. The van der Waals surface area contributed by atoms with Crippen molar-refractivity contribution in [1.29, 1.82) is 0 Å². The Kier molecular flexibility index (Phi) is 6.60. The number of carbonyl (C=O) groups is 3. The molecule has 0 aliphatic carbocycles. The van der Waals surface area contributed by atoms with E-state index in [1.54, 1.807) is 19.1 Å². The van der Waals surface area contributed by atoms with Gasteiger partial charge in [0.05, 0.1) is 18.2 Å². The molecule has 1 aromatic rings. The molecule has 7 heteroatoms. The summed E-state index contributed by atoms with van der Waals surface area (Å²) in [4.78, 5) is 37.9. The molecule has 1 heterocycles. The third-order valence-corrected chi connectivity index (χ3v) is 4.73. The second-order valence-electron chi connectivity index (χ2n) is 6.52. The van der Waals surface area contributed by atoms with Crippen LogP contribution in [0.4, 0.5) is 5.69 Å². The van der Waals surface area contributed by atoms with Gasteiger partial charge in [-0.2, -0.15) is 0 Å². The maximum absolute atomic E-state index is 12.5. The van der Waals surface area contributed by atoms with Crippen LogP contribution >= 0.6 is 0 Å². The second kappa shape index (κ2) is 8.69. The van der Waals surface area contributed by atoms with Crippen molar-refractivity contribution in [2.45, 2.75) is 39.7 Å². The van der Waals surface area contributed by atoms with Crippen LogP contribution in [0.3, 0.4) is 0 Å². The lowest BCUT2D eigenvalue weighted by atomic mass is 9.98. The predicted octanol–water partition coefficient (Wildman–Crippen LogP) is 2.05. The van der Waals surface area contributed by atoms with Crippen molar-refractivity contribution in [1.82, 2.24) is 5.32 Å². The molecular formula is C19H26N2O5. The van der Waals surface area contributed by atoms with Gasteiger partial charge in [0.25, 0.3) is 0 Å². The minimum Gasteiger partial charge on any atom is -0.492 e. The molecule has 26 heavy (non-hydrogen) atoms. The smallest absolute Gasteiger partial charge is 0.326 e. The molecule has 1 unspecified atom stereocenters. The first kappa shape index (κ1) is 19.8. The summed E-state index contributed by atoms with van der Waals surface area (Å²) in [5.41, 5.74) is 0.631. The predicted molar refractivity (Wildman–Crippen MR) is 97.1 cm³/mol. The van der Waals surface area contributed by atoms with E-state index in [0.29, 0.717) is 24.5 Å². The largest absolute Gasteiger partial charge is 0.492 e. The molecule has 1 aromatic carbocycles. The molecule has 1 aliphatic heterocycles. The maximum Gasteiger partial charge on any atom is 0.326 e. The van der Waals surface area contributed by atoms with E-state index >= 15 is 0 Å². The number of carbonyl (C=O) groups excluding carboxylic acids is 2. The van der Waals surface area contributed by atoms with Gasteiger partial charge in [-0.05, 0) is 25.0 Å². The van der Waals surface area contributed by atoms with E-state index in [0.717, 1.165) is 0 Å². The highest BCUT2D eigenvalue weighted by Gasteiger charge is 2.38. The molecule has 0 radical (unpaired) electrons. The van der Waals surface area contributed by atoms with Gasteiger partial charge < -0.3 is 20.1 Å². The molecule has 142 valence electrons. The van der Waals surface area contributed by atoms with Crippen molar-refractivity contribution < 1.29 is 24.2 Å². The van der Waals surface area contributed by atoms with E-state index in [2.05, 4.69) is 5.32 Å². The lowest BCUT2D eigenvalue weighted by molar-refractivity contribution is -0.143. The van der Waals surface area contributed by atoms with Crippen LogP contribution in [0, 0.1) is 11.8 Å². The fourth-order valence-corrected chi connectivity index (χ4v) is 3.03. The number of hydrogen-bond acceptors (Lipinski definition) is 4.